The molecule has 1 saturated heterocycles. The molecule has 2 heterocycles. The van der Waals surface area contributed by atoms with E-state index in [1.807, 2.05) is 18.2 Å². The summed E-state index contributed by atoms with van der Waals surface area (Å²) in [7, 11) is 0. The summed E-state index contributed by atoms with van der Waals surface area (Å²) in [4.78, 5) is 17.1. The van der Waals surface area contributed by atoms with Crippen LogP contribution in [0.4, 0.5) is 0 Å². The molecule has 0 saturated carbocycles. The van der Waals surface area contributed by atoms with Gasteiger partial charge in [-0.15, -0.1) is 0 Å². The molecule has 3 rings (SSSR count). The lowest BCUT2D eigenvalue weighted by atomic mass is 9.99. The molecule has 1 aromatic heterocycles. The molecule has 0 bridgehead atoms. The lowest BCUT2D eigenvalue weighted by molar-refractivity contribution is -0.128. The van der Waals surface area contributed by atoms with Crippen LogP contribution < -0.4 is 0 Å². The van der Waals surface area contributed by atoms with Gasteiger partial charge in [-0.1, -0.05) is 26.0 Å². The molecule has 4 heteroatoms. The fraction of sp³-hybridized carbons (Fsp3) is 0.529. The van der Waals surface area contributed by atoms with Gasteiger partial charge in [-0.3, -0.25) is 4.79 Å². The molecule has 1 fully saturated rings. The Bertz CT molecular complexity index is 647. The highest BCUT2D eigenvalue weighted by Gasteiger charge is 2.31. The van der Waals surface area contributed by atoms with E-state index in [0.29, 0.717) is 18.9 Å². The molecular weight excluding hydrogens is 264 g/mol. The number of ether oxygens (including phenoxy) is 1. The monoisotopic (exact) mass is 286 g/mol. The number of para-hydroxylation sites is 2. The van der Waals surface area contributed by atoms with Crippen LogP contribution in [0.1, 0.15) is 32.5 Å². The standard InChI is InChI=1S/C17H22N2O2/c1-3-9-19-14-7-5-4-6-13(14)18-16(19)11-15(20)17-12(2)8-10-21-17/h4-7,12,17H,3,8-11H2,1-2H3. The van der Waals surface area contributed by atoms with Crippen LogP contribution in [0.3, 0.4) is 0 Å². The summed E-state index contributed by atoms with van der Waals surface area (Å²) in [6.07, 6.45) is 2.11. The Hall–Kier alpha value is -1.68. The summed E-state index contributed by atoms with van der Waals surface area (Å²) >= 11 is 0. The number of benzene rings is 1. The maximum absolute atomic E-state index is 12.5. The number of aryl methyl sites for hydroxylation is 1. The molecule has 0 N–H and O–H groups in total. The topological polar surface area (TPSA) is 44.1 Å². The second-order valence-corrected chi connectivity index (χ2v) is 5.87. The van der Waals surface area contributed by atoms with Crippen molar-refractivity contribution in [1.82, 2.24) is 9.55 Å². The number of nitrogens with zero attached hydrogens (tertiary/aromatic N) is 2. The number of hydrogen-bond acceptors (Lipinski definition) is 3. The normalized spacial score (nSPS) is 22.0. The van der Waals surface area contributed by atoms with Crippen molar-refractivity contribution in [1.29, 1.82) is 0 Å². The van der Waals surface area contributed by atoms with Crippen molar-refractivity contribution >= 4 is 16.8 Å². The molecule has 112 valence electrons. The summed E-state index contributed by atoms with van der Waals surface area (Å²) in [5.74, 6) is 1.35. The number of carbonyl (C=O) groups is 1. The molecule has 0 spiro atoms. The van der Waals surface area contributed by atoms with E-state index in [0.717, 1.165) is 36.2 Å². The number of hydrogen-bond donors (Lipinski definition) is 0. The van der Waals surface area contributed by atoms with Gasteiger partial charge in [-0.05, 0) is 30.9 Å². The second-order valence-electron chi connectivity index (χ2n) is 5.87. The maximum Gasteiger partial charge on any atom is 0.169 e. The molecule has 2 aromatic rings. The Kier molecular flexibility index (Phi) is 4.06. The molecular formula is C17H22N2O2. The lowest BCUT2D eigenvalue weighted by Gasteiger charge is -2.13. The number of fused-ring (bicyclic) bond motifs is 1. The van der Waals surface area contributed by atoms with Crippen LogP contribution >= 0.6 is 0 Å². The average Bonchev–Trinajstić information content (AvgIpc) is 3.04. The van der Waals surface area contributed by atoms with Crippen LogP contribution in [-0.2, 0) is 22.5 Å². The Morgan fingerprint density at radius 2 is 2.24 bits per heavy atom. The molecule has 1 aliphatic rings. The average molecular weight is 286 g/mol. The zero-order valence-corrected chi connectivity index (χ0v) is 12.7. The molecule has 2 atom stereocenters. The zero-order chi connectivity index (χ0) is 14.8. The highest BCUT2D eigenvalue weighted by atomic mass is 16.5. The van der Waals surface area contributed by atoms with Gasteiger partial charge in [0, 0.05) is 13.2 Å². The van der Waals surface area contributed by atoms with Crippen molar-refractivity contribution in [3.63, 3.8) is 0 Å². The molecule has 0 aliphatic carbocycles. The third-order valence-corrected chi connectivity index (χ3v) is 4.22. The van der Waals surface area contributed by atoms with E-state index in [2.05, 4.69) is 29.5 Å². The van der Waals surface area contributed by atoms with Gasteiger partial charge >= 0.3 is 0 Å². The van der Waals surface area contributed by atoms with E-state index in [1.54, 1.807) is 0 Å². The Morgan fingerprint density at radius 3 is 2.95 bits per heavy atom. The molecule has 0 radical (unpaired) electrons. The number of imidazole rings is 1. The summed E-state index contributed by atoms with van der Waals surface area (Å²) in [5, 5.41) is 0. The van der Waals surface area contributed by atoms with E-state index in [-0.39, 0.29) is 11.9 Å². The van der Waals surface area contributed by atoms with Crippen molar-refractivity contribution in [2.24, 2.45) is 5.92 Å². The predicted octanol–water partition coefficient (Wildman–Crippen LogP) is 2.98. The van der Waals surface area contributed by atoms with Crippen molar-refractivity contribution in [3.05, 3.63) is 30.1 Å². The van der Waals surface area contributed by atoms with E-state index >= 15 is 0 Å². The van der Waals surface area contributed by atoms with Gasteiger partial charge in [0.05, 0.1) is 17.5 Å². The first kappa shape index (κ1) is 14.3. The molecule has 1 aromatic carbocycles. The quantitative estimate of drug-likeness (QED) is 0.848. The Morgan fingerprint density at radius 1 is 1.43 bits per heavy atom. The minimum atomic E-state index is -0.250. The number of carbonyl (C=O) groups excluding carboxylic acids is 1. The molecule has 0 amide bonds. The number of aromatic nitrogens is 2. The second kappa shape index (κ2) is 5.98. The van der Waals surface area contributed by atoms with Crippen molar-refractivity contribution < 1.29 is 9.53 Å². The summed E-state index contributed by atoms with van der Waals surface area (Å²) in [6, 6.07) is 8.08. The largest absolute Gasteiger partial charge is 0.370 e. The molecule has 4 nitrogen and oxygen atoms in total. The lowest BCUT2D eigenvalue weighted by Crippen LogP contribution is -2.27. The minimum Gasteiger partial charge on any atom is -0.370 e. The number of ketones is 1. The van der Waals surface area contributed by atoms with Crippen LogP contribution in [0.25, 0.3) is 11.0 Å². The van der Waals surface area contributed by atoms with Crippen LogP contribution in [0.5, 0.6) is 0 Å². The van der Waals surface area contributed by atoms with Gasteiger partial charge in [-0.25, -0.2) is 4.98 Å². The first-order chi connectivity index (χ1) is 10.2. The Labute approximate surface area is 125 Å². The van der Waals surface area contributed by atoms with Crippen LogP contribution in [0, 0.1) is 5.92 Å². The number of Topliss-reactive ketones (excluding diaryl/α,β-unsaturated/α-hetero) is 1. The fourth-order valence-corrected chi connectivity index (χ4v) is 3.10. The minimum absolute atomic E-state index is 0.160. The van der Waals surface area contributed by atoms with Crippen molar-refractivity contribution in [3.8, 4) is 0 Å². The summed E-state index contributed by atoms with van der Waals surface area (Å²) in [6.45, 7) is 5.82. The summed E-state index contributed by atoms with van der Waals surface area (Å²) in [5.41, 5.74) is 2.08. The summed E-state index contributed by atoms with van der Waals surface area (Å²) < 4.78 is 7.76. The van der Waals surface area contributed by atoms with Crippen LogP contribution in [-0.4, -0.2) is 28.0 Å². The fourth-order valence-electron chi connectivity index (χ4n) is 3.10. The molecule has 2 unspecified atom stereocenters. The smallest absolute Gasteiger partial charge is 0.169 e. The van der Waals surface area contributed by atoms with Crippen LogP contribution in [0.15, 0.2) is 24.3 Å². The predicted molar refractivity (Wildman–Crippen MR) is 82.3 cm³/mol. The zero-order valence-electron chi connectivity index (χ0n) is 12.7. The first-order valence-corrected chi connectivity index (χ1v) is 7.79. The third-order valence-electron chi connectivity index (χ3n) is 4.22. The Balaban J connectivity index is 1.89. The highest BCUT2D eigenvalue weighted by Crippen LogP contribution is 2.23. The van der Waals surface area contributed by atoms with E-state index in [4.69, 9.17) is 4.74 Å². The van der Waals surface area contributed by atoms with E-state index in [1.165, 1.54) is 0 Å². The number of rotatable bonds is 5. The van der Waals surface area contributed by atoms with Crippen molar-refractivity contribution in [2.75, 3.05) is 6.61 Å². The maximum atomic E-state index is 12.5. The first-order valence-electron chi connectivity index (χ1n) is 7.79. The third kappa shape index (κ3) is 2.72. The van der Waals surface area contributed by atoms with Gasteiger partial charge in [-0.2, -0.15) is 0 Å². The van der Waals surface area contributed by atoms with Gasteiger partial charge in [0.2, 0.25) is 0 Å². The van der Waals surface area contributed by atoms with Gasteiger partial charge in [0.1, 0.15) is 11.9 Å². The van der Waals surface area contributed by atoms with Gasteiger partial charge in [0.25, 0.3) is 0 Å². The highest BCUT2D eigenvalue weighted by molar-refractivity contribution is 5.86. The molecule has 1 aliphatic heterocycles. The van der Waals surface area contributed by atoms with E-state index < -0.39 is 0 Å². The van der Waals surface area contributed by atoms with Gasteiger partial charge < -0.3 is 9.30 Å². The molecule has 21 heavy (non-hydrogen) atoms. The van der Waals surface area contributed by atoms with Crippen LogP contribution in [0.2, 0.25) is 0 Å². The van der Waals surface area contributed by atoms with Gasteiger partial charge in [0.15, 0.2) is 5.78 Å². The SMILES string of the molecule is CCCn1c(CC(=O)C2OCCC2C)nc2ccccc21. The van der Waals surface area contributed by atoms with E-state index in [9.17, 15) is 4.79 Å². The van der Waals surface area contributed by atoms with Crippen molar-refractivity contribution in [2.45, 2.75) is 45.8 Å².